The lowest BCUT2D eigenvalue weighted by Gasteiger charge is -2.27. The number of para-hydroxylation sites is 1. The van der Waals surface area contributed by atoms with Gasteiger partial charge in [-0.25, -0.2) is 4.98 Å². The molecule has 7 heteroatoms. The highest BCUT2D eigenvalue weighted by Gasteiger charge is 2.30. The standard InChI is InChI=1S/C25H24ClN3OS.ClH/c1-28(2)16-17-29(25-27-23-20(26)14-9-15-21(23)31-25)24(30)22(18-10-5-3-6-11-18)19-12-7-4-8-13-19;/h3-15,22H,16-17H2,1-2H3;1H. The molecule has 0 atom stereocenters. The van der Waals surface area contributed by atoms with E-state index in [0.29, 0.717) is 16.7 Å². The van der Waals surface area contributed by atoms with Crippen LogP contribution in [0.15, 0.2) is 78.9 Å². The largest absolute Gasteiger partial charge is 0.308 e. The van der Waals surface area contributed by atoms with E-state index in [0.717, 1.165) is 27.9 Å². The zero-order valence-corrected chi connectivity index (χ0v) is 20.3. The van der Waals surface area contributed by atoms with Gasteiger partial charge in [0.1, 0.15) is 5.52 Å². The van der Waals surface area contributed by atoms with E-state index in [-0.39, 0.29) is 18.3 Å². The molecule has 0 unspecified atom stereocenters. The molecule has 1 aromatic heterocycles. The highest BCUT2D eigenvalue weighted by Crippen LogP contribution is 2.35. The molecule has 166 valence electrons. The summed E-state index contributed by atoms with van der Waals surface area (Å²) in [6.07, 6.45) is 0. The minimum Gasteiger partial charge on any atom is -0.308 e. The normalized spacial score (nSPS) is 11.0. The molecule has 32 heavy (non-hydrogen) atoms. The second kappa shape index (κ2) is 10.9. The second-order valence-corrected chi connectivity index (χ2v) is 9.05. The summed E-state index contributed by atoms with van der Waals surface area (Å²) < 4.78 is 0.973. The zero-order chi connectivity index (χ0) is 21.8. The molecular formula is C25H25Cl2N3OS. The van der Waals surface area contributed by atoms with Crippen LogP contribution in [0.5, 0.6) is 0 Å². The van der Waals surface area contributed by atoms with Crippen molar-refractivity contribution in [3.8, 4) is 0 Å². The van der Waals surface area contributed by atoms with Crippen LogP contribution in [0.25, 0.3) is 10.2 Å². The number of rotatable bonds is 7. The molecule has 4 nitrogen and oxygen atoms in total. The molecule has 0 saturated carbocycles. The maximum absolute atomic E-state index is 14.1. The van der Waals surface area contributed by atoms with E-state index in [9.17, 15) is 4.79 Å². The van der Waals surface area contributed by atoms with Gasteiger partial charge in [-0.3, -0.25) is 9.69 Å². The van der Waals surface area contributed by atoms with E-state index in [2.05, 4.69) is 4.90 Å². The minimum absolute atomic E-state index is 0. The van der Waals surface area contributed by atoms with E-state index in [4.69, 9.17) is 16.6 Å². The first-order chi connectivity index (χ1) is 15.0. The van der Waals surface area contributed by atoms with Crippen LogP contribution in [0.1, 0.15) is 17.0 Å². The number of fused-ring (bicyclic) bond motifs is 1. The van der Waals surface area contributed by atoms with Crippen LogP contribution in [0.2, 0.25) is 5.02 Å². The number of hydrogen-bond acceptors (Lipinski definition) is 4. The van der Waals surface area contributed by atoms with E-state index < -0.39 is 5.92 Å². The molecule has 3 aromatic carbocycles. The molecule has 0 spiro atoms. The number of nitrogens with zero attached hydrogens (tertiary/aromatic N) is 3. The van der Waals surface area contributed by atoms with Crippen LogP contribution in [0.3, 0.4) is 0 Å². The molecule has 0 aliphatic heterocycles. The maximum atomic E-state index is 14.1. The zero-order valence-electron chi connectivity index (χ0n) is 17.9. The number of carbonyl (C=O) groups excluding carboxylic acids is 1. The van der Waals surface area contributed by atoms with Crippen LogP contribution in [-0.4, -0.2) is 43.0 Å². The van der Waals surface area contributed by atoms with Gasteiger partial charge in [0.25, 0.3) is 0 Å². The fraction of sp³-hybridized carbons (Fsp3) is 0.200. The number of benzene rings is 3. The molecule has 0 fully saturated rings. The minimum atomic E-state index is -0.410. The van der Waals surface area contributed by atoms with Gasteiger partial charge >= 0.3 is 0 Å². The van der Waals surface area contributed by atoms with Crippen molar-refractivity contribution in [2.75, 3.05) is 32.1 Å². The third-order valence-corrected chi connectivity index (χ3v) is 6.49. The van der Waals surface area contributed by atoms with Gasteiger partial charge in [0.2, 0.25) is 5.91 Å². The van der Waals surface area contributed by atoms with Gasteiger partial charge < -0.3 is 4.90 Å². The van der Waals surface area contributed by atoms with Gasteiger partial charge in [-0.2, -0.15) is 0 Å². The number of hydrogen-bond donors (Lipinski definition) is 0. The van der Waals surface area contributed by atoms with Crippen molar-refractivity contribution in [3.05, 3.63) is 95.0 Å². The van der Waals surface area contributed by atoms with Crippen molar-refractivity contribution in [1.82, 2.24) is 9.88 Å². The van der Waals surface area contributed by atoms with Gasteiger partial charge in [0.05, 0.1) is 15.6 Å². The Morgan fingerprint density at radius 1 is 0.906 bits per heavy atom. The molecule has 1 amide bonds. The number of halogens is 2. The summed E-state index contributed by atoms with van der Waals surface area (Å²) >= 11 is 7.87. The Balaban J connectivity index is 0.00000289. The number of carbonyl (C=O) groups is 1. The predicted molar refractivity (Wildman–Crippen MR) is 138 cm³/mol. The summed E-state index contributed by atoms with van der Waals surface area (Å²) in [6, 6.07) is 25.6. The number of amides is 1. The molecule has 1 heterocycles. The van der Waals surface area contributed by atoms with Gasteiger partial charge in [-0.05, 0) is 37.4 Å². The van der Waals surface area contributed by atoms with Gasteiger partial charge in [0, 0.05) is 13.1 Å². The van der Waals surface area contributed by atoms with Crippen LogP contribution >= 0.6 is 35.3 Å². The maximum Gasteiger partial charge on any atom is 0.240 e. The second-order valence-electron chi connectivity index (χ2n) is 7.63. The van der Waals surface area contributed by atoms with Crippen molar-refractivity contribution in [1.29, 1.82) is 0 Å². The number of thiazole rings is 1. The molecule has 0 bridgehead atoms. The topological polar surface area (TPSA) is 36.4 Å². The lowest BCUT2D eigenvalue weighted by atomic mass is 9.90. The molecule has 0 N–H and O–H groups in total. The average Bonchev–Trinajstić information content (AvgIpc) is 3.21. The summed E-state index contributed by atoms with van der Waals surface area (Å²) in [5.41, 5.74) is 2.67. The highest BCUT2D eigenvalue weighted by atomic mass is 35.5. The van der Waals surface area contributed by atoms with E-state index in [1.807, 2.05) is 97.9 Å². The average molecular weight is 486 g/mol. The lowest BCUT2D eigenvalue weighted by molar-refractivity contribution is -0.119. The third-order valence-electron chi connectivity index (χ3n) is 5.14. The highest BCUT2D eigenvalue weighted by molar-refractivity contribution is 7.22. The quantitative estimate of drug-likeness (QED) is 0.317. The molecule has 4 rings (SSSR count). The first-order valence-corrected chi connectivity index (χ1v) is 11.3. The molecule has 0 radical (unpaired) electrons. The number of anilines is 1. The van der Waals surface area contributed by atoms with Crippen LogP contribution in [0, 0.1) is 0 Å². The molecule has 0 saturated heterocycles. The Morgan fingerprint density at radius 3 is 2.03 bits per heavy atom. The van der Waals surface area contributed by atoms with Crippen molar-refractivity contribution in [2.45, 2.75) is 5.92 Å². The summed E-state index contributed by atoms with van der Waals surface area (Å²) in [5, 5.41) is 1.27. The van der Waals surface area contributed by atoms with Crippen molar-refractivity contribution >= 4 is 56.6 Å². The monoisotopic (exact) mass is 485 g/mol. The van der Waals surface area contributed by atoms with Crippen molar-refractivity contribution in [3.63, 3.8) is 0 Å². The SMILES string of the molecule is CN(C)CCN(C(=O)C(c1ccccc1)c1ccccc1)c1nc2c(Cl)cccc2s1.Cl. The lowest BCUT2D eigenvalue weighted by Crippen LogP contribution is -2.40. The predicted octanol–water partition coefficient (Wildman–Crippen LogP) is 6.10. The number of aromatic nitrogens is 1. The third kappa shape index (κ3) is 5.30. The molecular weight excluding hydrogens is 461 g/mol. The summed E-state index contributed by atoms with van der Waals surface area (Å²) in [5.74, 6) is -0.401. The Morgan fingerprint density at radius 2 is 1.50 bits per heavy atom. The van der Waals surface area contributed by atoms with Gasteiger partial charge in [0.15, 0.2) is 5.13 Å². The van der Waals surface area contributed by atoms with Crippen LogP contribution in [0.4, 0.5) is 5.13 Å². The van der Waals surface area contributed by atoms with Crippen LogP contribution in [-0.2, 0) is 4.79 Å². The van der Waals surface area contributed by atoms with E-state index >= 15 is 0 Å². The van der Waals surface area contributed by atoms with Crippen molar-refractivity contribution < 1.29 is 4.79 Å². The Bertz CT molecular complexity index is 1130. The van der Waals surface area contributed by atoms with E-state index in [1.54, 1.807) is 0 Å². The summed E-state index contributed by atoms with van der Waals surface area (Å²) in [7, 11) is 4.01. The Hall–Kier alpha value is -2.44. The Labute approximate surface area is 203 Å². The first-order valence-electron chi connectivity index (χ1n) is 10.2. The Kier molecular flexibility index (Phi) is 8.26. The number of likely N-dealkylation sites (N-methyl/N-ethyl adjacent to an activating group) is 1. The summed E-state index contributed by atoms with van der Waals surface area (Å²) in [6.45, 7) is 1.27. The van der Waals surface area contributed by atoms with Crippen LogP contribution < -0.4 is 4.90 Å². The molecule has 4 aromatic rings. The van der Waals surface area contributed by atoms with E-state index in [1.165, 1.54) is 11.3 Å². The summed E-state index contributed by atoms with van der Waals surface area (Å²) in [4.78, 5) is 22.7. The van der Waals surface area contributed by atoms with Gasteiger partial charge in [-0.1, -0.05) is 89.7 Å². The van der Waals surface area contributed by atoms with Gasteiger partial charge in [-0.15, -0.1) is 12.4 Å². The first kappa shape index (κ1) is 24.2. The fourth-order valence-corrected chi connectivity index (χ4v) is 4.84. The fourth-order valence-electron chi connectivity index (χ4n) is 3.54. The molecule has 0 aliphatic carbocycles. The smallest absolute Gasteiger partial charge is 0.240 e. The molecule has 0 aliphatic rings. The van der Waals surface area contributed by atoms with Crippen molar-refractivity contribution in [2.24, 2.45) is 0 Å².